The van der Waals surface area contributed by atoms with Gasteiger partial charge >= 0.3 is 0 Å². The molecule has 0 aliphatic carbocycles. The summed E-state index contributed by atoms with van der Waals surface area (Å²) in [7, 11) is 0. The highest BCUT2D eigenvalue weighted by atomic mass is 32.1. The highest BCUT2D eigenvalue weighted by Crippen LogP contribution is 2.38. The predicted molar refractivity (Wildman–Crippen MR) is 81.1 cm³/mol. The van der Waals surface area contributed by atoms with Crippen molar-refractivity contribution in [3.8, 4) is 16.5 Å². The lowest BCUT2D eigenvalue weighted by Gasteiger charge is -2.03. The van der Waals surface area contributed by atoms with Crippen LogP contribution >= 0.6 is 11.3 Å². The van der Waals surface area contributed by atoms with Crippen molar-refractivity contribution < 1.29 is 0 Å². The summed E-state index contributed by atoms with van der Waals surface area (Å²) >= 11 is 1.46. The van der Waals surface area contributed by atoms with E-state index < -0.39 is 0 Å². The minimum Gasteiger partial charge on any atom is -0.397 e. The van der Waals surface area contributed by atoms with Gasteiger partial charge in [-0.3, -0.25) is 0 Å². The van der Waals surface area contributed by atoms with Crippen LogP contribution in [0.25, 0.3) is 21.2 Å². The molecular formula is C16H12N2S. The highest BCUT2D eigenvalue weighted by Gasteiger charge is 2.13. The average molecular weight is 264 g/mol. The van der Waals surface area contributed by atoms with Crippen LogP contribution < -0.4 is 5.73 Å². The molecule has 0 aliphatic rings. The first-order valence-corrected chi connectivity index (χ1v) is 6.80. The number of nitriles is 1. The summed E-state index contributed by atoms with van der Waals surface area (Å²) in [5.74, 6) is 0. The maximum Gasteiger partial charge on any atom is 0.128 e. The van der Waals surface area contributed by atoms with Crippen LogP contribution in [0.3, 0.4) is 0 Å². The predicted octanol–water partition coefficient (Wildman–Crippen LogP) is 4.33. The molecule has 0 aliphatic heterocycles. The summed E-state index contributed by atoms with van der Waals surface area (Å²) in [5, 5.41) is 11.5. The Morgan fingerprint density at radius 2 is 1.84 bits per heavy atom. The van der Waals surface area contributed by atoms with Gasteiger partial charge in [0.25, 0.3) is 0 Å². The van der Waals surface area contributed by atoms with E-state index >= 15 is 0 Å². The Morgan fingerprint density at radius 3 is 2.53 bits per heavy atom. The van der Waals surface area contributed by atoms with Crippen LogP contribution in [0, 0.1) is 18.3 Å². The minimum absolute atomic E-state index is 0.598. The third kappa shape index (κ3) is 1.87. The van der Waals surface area contributed by atoms with Crippen LogP contribution in [0.2, 0.25) is 0 Å². The second-order valence-electron chi connectivity index (χ2n) is 4.47. The average Bonchev–Trinajstić information content (AvgIpc) is 2.74. The van der Waals surface area contributed by atoms with Gasteiger partial charge in [-0.2, -0.15) is 5.26 Å². The van der Waals surface area contributed by atoms with Gasteiger partial charge in [-0.15, -0.1) is 11.3 Å². The van der Waals surface area contributed by atoms with Gasteiger partial charge < -0.3 is 5.73 Å². The number of nitrogens with two attached hydrogens (primary N) is 1. The quantitative estimate of drug-likeness (QED) is 0.711. The lowest BCUT2D eigenvalue weighted by atomic mass is 10.0. The largest absolute Gasteiger partial charge is 0.397 e. The van der Waals surface area contributed by atoms with E-state index in [-0.39, 0.29) is 0 Å². The molecule has 1 aromatic heterocycles. The third-order valence-corrected chi connectivity index (χ3v) is 4.57. The van der Waals surface area contributed by atoms with E-state index in [9.17, 15) is 0 Å². The number of benzene rings is 2. The lowest BCUT2D eigenvalue weighted by Crippen LogP contribution is -1.87. The third-order valence-electron chi connectivity index (χ3n) is 3.31. The maximum absolute atomic E-state index is 9.06. The molecule has 2 nitrogen and oxygen atoms in total. The van der Waals surface area contributed by atoms with Crippen LogP contribution in [-0.4, -0.2) is 0 Å². The number of hydrogen-bond acceptors (Lipinski definition) is 3. The Hall–Kier alpha value is -2.31. The van der Waals surface area contributed by atoms with Gasteiger partial charge in [0.2, 0.25) is 0 Å². The molecule has 0 radical (unpaired) electrons. The molecule has 92 valence electrons. The van der Waals surface area contributed by atoms with Crippen molar-refractivity contribution in [2.24, 2.45) is 0 Å². The molecule has 0 bridgehead atoms. The molecule has 3 aromatic rings. The summed E-state index contributed by atoms with van der Waals surface area (Å²) in [4.78, 5) is 1.68. The number of hydrogen-bond donors (Lipinski definition) is 1. The van der Waals surface area contributed by atoms with Gasteiger partial charge in [-0.1, -0.05) is 36.4 Å². The molecule has 3 heteroatoms. The molecule has 0 saturated heterocycles. The van der Waals surface area contributed by atoms with Crippen LogP contribution in [0.4, 0.5) is 5.69 Å². The smallest absolute Gasteiger partial charge is 0.128 e. The van der Waals surface area contributed by atoms with E-state index in [0.717, 1.165) is 16.0 Å². The normalized spacial score (nSPS) is 10.5. The Kier molecular flexibility index (Phi) is 2.73. The van der Waals surface area contributed by atoms with E-state index in [1.807, 2.05) is 19.1 Å². The number of thiophene rings is 1. The van der Waals surface area contributed by atoms with Crippen molar-refractivity contribution in [1.29, 1.82) is 5.26 Å². The topological polar surface area (TPSA) is 49.8 Å². The second kappa shape index (κ2) is 4.42. The minimum atomic E-state index is 0.598. The van der Waals surface area contributed by atoms with Crippen molar-refractivity contribution >= 4 is 27.8 Å². The number of anilines is 1. The van der Waals surface area contributed by atoms with E-state index in [1.54, 1.807) is 0 Å². The van der Waals surface area contributed by atoms with Crippen LogP contribution in [0.15, 0.2) is 42.5 Å². The van der Waals surface area contributed by atoms with Crippen molar-refractivity contribution in [2.45, 2.75) is 6.92 Å². The lowest BCUT2D eigenvalue weighted by molar-refractivity contribution is 1.50. The molecule has 0 saturated carbocycles. The number of nitrogen functional groups attached to an aromatic ring is 1. The van der Waals surface area contributed by atoms with E-state index in [2.05, 4.69) is 36.4 Å². The van der Waals surface area contributed by atoms with Crippen LogP contribution in [0.5, 0.6) is 0 Å². The fraction of sp³-hybridized carbons (Fsp3) is 0.0625. The van der Waals surface area contributed by atoms with Gasteiger partial charge in [0, 0.05) is 4.88 Å². The fourth-order valence-electron chi connectivity index (χ4n) is 2.22. The van der Waals surface area contributed by atoms with Gasteiger partial charge in [-0.05, 0) is 34.9 Å². The van der Waals surface area contributed by atoms with Crippen molar-refractivity contribution in [2.75, 3.05) is 5.73 Å². The van der Waals surface area contributed by atoms with Gasteiger partial charge in [-0.25, -0.2) is 0 Å². The molecule has 0 unspecified atom stereocenters. The molecule has 0 fully saturated rings. The fourth-order valence-corrected chi connectivity index (χ4v) is 3.24. The Labute approximate surface area is 115 Å². The first-order valence-electron chi connectivity index (χ1n) is 5.99. The summed E-state index contributed by atoms with van der Waals surface area (Å²) in [5.41, 5.74) is 8.68. The summed E-state index contributed by atoms with van der Waals surface area (Å²) < 4.78 is 0. The first kappa shape index (κ1) is 11.8. The van der Waals surface area contributed by atoms with E-state index in [4.69, 9.17) is 11.0 Å². The summed E-state index contributed by atoms with van der Waals surface area (Å²) in [6.07, 6.45) is 0. The molecule has 2 N–H and O–H groups in total. The monoisotopic (exact) mass is 264 g/mol. The zero-order valence-corrected chi connectivity index (χ0v) is 11.3. The zero-order valence-electron chi connectivity index (χ0n) is 10.5. The van der Waals surface area contributed by atoms with Crippen molar-refractivity contribution in [1.82, 2.24) is 0 Å². The van der Waals surface area contributed by atoms with Crippen molar-refractivity contribution in [3.05, 3.63) is 52.9 Å². The molecule has 19 heavy (non-hydrogen) atoms. The van der Waals surface area contributed by atoms with Crippen LogP contribution in [-0.2, 0) is 0 Å². The molecule has 2 aromatic carbocycles. The summed E-state index contributed by atoms with van der Waals surface area (Å²) in [6, 6.07) is 16.7. The van der Waals surface area contributed by atoms with E-state index in [1.165, 1.54) is 22.1 Å². The Morgan fingerprint density at radius 1 is 1.11 bits per heavy atom. The van der Waals surface area contributed by atoms with Crippen molar-refractivity contribution in [3.63, 3.8) is 0 Å². The highest BCUT2D eigenvalue weighted by molar-refractivity contribution is 7.16. The second-order valence-corrected chi connectivity index (χ2v) is 5.49. The Bertz CT molecular complexity index is 809. The number of fused-ring (bicyclic) bond motifs is 1. The Balaban J connectivity index is 2.22. The van der Waals surface area contributed by atoms with E-state index in [0.29, 0.717) is 10.6 Å². The molecule has 1 heterocycles. The molecule has 0 amide bonds. The molecule has 0 spiro atoms. The van der Waals surface area contributed by atoms with Crippen LogP contribution in [0.1, 0.15) is 10.4 Å². The van der Waals surface area contributed by atoms with Gasteiger partial charge in [0.1, 0.15) is 10.9 Å². The first-order chi connectivity index (χ1) is 9.20. The van der Waals surface area contributed by atoms with Gasteiger partial charge in [0.15, 0.2) is 0 Å². The molecular weight excluding hydrogens is 252 g/mol. The SMILES string of the molecule is Cc1c(-c2ccc3ccccc3c2)sc(C#N)c1N. The summed E-state index contributed by atoms with van der Waals surface area (Å²) in [6.45, 7) is 1.97. The molecule has 0 atom stereocenters. The zero-order chi connectivity index (χ0) is 13.4. The van der Waals surface area contributed by atoms with Gasteiger partial charge in [0.05, 0.1) is 5.69 Å². The number of rotatable bonds is 1. The maximum atomic E-state index is 9.06. The standard InChI is InChI=1S/C16H12N2S/c1-10-15(18)14(9-17)19-16(10)13-7-6-11-4-2-3-5-12(11)8-13/h2-8H,18H2,1H3. The number of nitrogens with zero attached hydrogens (tertiary/aromatic N) is 1. The molecule has 3 rings (SSSR count).